The van der Waals surface area contributed by atoms with Gasteiger partial charge in [-0.1, -0.05) is 37.4 Å². The number of H-pyrrole nitrogens is 1. The highest BCUT2D eigenvalue weighted by atomic mass is 35.5. The second-order valence-corrected chi connectivity index (χ2v) is 9.25. The van der Waals surface area contributed by atoms with E-state index in [2.05, 4.69) is 11.9 Å². The zero-order valence-electron chi connectivity index (χ0n) is 17.9. The largest absolute Gasteiger partial charge is 0.466 e. The van der Waals surface area contributed by atoms with Crippen LogP contribution in [-0.4, -0.2) is 41.0 Å². The van der Waals surface area contributed by atoms with Crippen LogP contribution in [0.1, 0.15) is 70.3 Å². The molecule has 1 aliphatic heterocycles. The van der Waals surface area contributed by atoms with Crippen molar-refractivity contribution < 1.29 is 14.3 Å². The Kier molecular flexibility index (Phi) is 6.10. The fraction of sp³-hybridized carbons (Fsp3) is 0.583. The van der Waals surface area contributed by atoms with Gasteiger partial charge in [0.05, 0.1) is 17.0 Å². The van der Waals surface area contributed by atoms with Gasteiger partial charge in [-0.05, 0) is 56.2 Å². The van der Waals surface area contributed by atoms with Crippen molar-refractivity contribution in [3.63, 3.8) is 0 Å². The van der Waals surface area contributed by atoms with Gasteiger partial charge < -0.3 is 14.6 Å². The summed E-state index contributed by atoms with van der Waals surface area (Å²) in [6.45, 7) is 5.05. The number of halogens is 1. The van der Waals surface area contributed by atoms with E-state index in [1.54, 1.807) is 0 Å². The van der Waals surface area contributed by atoms with Crippen molar-refractivity contribution in [2.24, 2.45) is 5.41 Å². The number of fused-ring (bicyclic) bond motifs is 2. The first-order valence-corrected chi connectivity index (χ1v) is 11.6. The van der Waals surface area contributed by atoms with Crippen LogP contribution in [-0.2, 0) is 14.3 Å². The molecule has 2 aliphatic rings. The van der Waals surface area contributed by atoms with Crippen LogP contribution in [0.5, 0.6) is 0 Å². The van der Waals surface area contributed by atoms with Crippen LogP contribution < -0.4 is 0 Å². The number of aromatic nitrogens is 1. The summed E-state index contributed by atoms with van der Waals surface area (Å²) in [6, 6.07) is 5.77. The van der Waals surface area contributed by atoms with Crippen LogP contribution in [0, 0.1) is 5.41 Å². The predicted molar refractivity (Wildman–Crippen MR) is 119 cm³/mol. The monoisotopic (exact) mass is 430 g/mol. The van der Waals surface area contributed by atoms with Crippen molar-refractivity contribution in [1.29, 1.82) is 0 Å². The minimum atomic E-state index is -0.518. The molecule has 2 fully saturated rings. The number of carbonyl (C=O) groups is 2. The Balaban J connectivity index is 1.55. The summed E-state index contributed by atoms with van der Waals surface area (Å²) in [5, 5.41) is 1.70. The highest BCUT2D eigenvalue weighted by molar-refractivity contribution is 6.35. The van der Waals surface area contributed by atoms with E-state index < -0.39 is 5.41 Å². The Hall–Kier alpha value is -2.01. The number of aromatic amines is 1. The Labute approximate surface area is 183 Å². The number of ether oxygens (including phenoxy) is 1. The third-order valence-electron chi connectivity index (χ3n) is 7.09. The van der Waals surface area contributed by atoms with Gasteiger partial charge in [0.2, 0.25) is 5.91 Å². The fourth-order valence-corrected chi connectivity index (χ4v) is 5.93. The summed E-state index contributed by atoms with van der Waals surface area (Å²) in [5.74, 6) is 0.0569. The van der Waals surface area contributed by atoms with Gasteiger partial charge in [0, 0.05) is 36.1 Å². The average Bonchev–Trinajstić information content (AvgIpc) is 3.19. The van der Waals surface area contributed by atoms with Crippen LogP contribution >= 0.6 is 11.6 Å². The molecule has 0 bridgehead atoms. The van der Waals surface area contributed by atoms with E-state index in [4.69, 9.17) is 16.3 Å². The third kappa shape index (κ3) is 3.62. The van der Waals surface area contributed by atoms with Crippen molar-refractivity contribution in [3.8, 4) is 0 Å². The summed E-state index contributed by atoms with van der Waals surface area (Å²) in [5.41, 5.74) is 1.54. The predicted octanol–water partition coefficient (Wildman–Crippen LogP) is 5.43. The molecule has 162 valence electrons. The van der Waals surface area contributed by atoms with E-state index >= 15 is 0 Å². The number of hydrogen-bond acceptors (Lipinski definition) is 3. The van der Waals surface area contributed by atoms with E-state index in [1.807, 2.05) is 36.2 Å². The van der Waals surface area contributed by atoms with Crippen LogP contribution in [0.25, 0.3) is 10.9 Å². The Morgan fingerprint density at radius 3 is 2.90 bits per heavy atom. The molecular formula is C24H31ClN2O3. The molecule has 1 amide bonds. The molecule has 2 aromatic rings. The van der Waals surface area contributed by atoms with Crippen LogP contribution in [0.3, 0.4) is 0 Å². The number of piperidine rings is 1. The molecule has 0 radical (unpaired) electrons. The standard InChI is InChI=1S/C24H31ClN2O3/c1-3-30-23(29)24-11-5-4-10-20(24)27(13-7-12-24)21(28)14-16(2)17-15-26-19-9-6-8-18(25)22(17)19/h6,8-9,15-16,20,26H,3-5,7,10-14H2,1-2H3. The van der Waals surface area contributed by atoms with Gasteiger partial charge in [-0.3, -0.25) is 9.59 Å². The zero-order valence-corrected chi connectivity index (χ0v) is 18.6. The van der Waals surface area contributed by atoms with Gasteiger partial charge in [-0.25, -0.2) is 0 Å². The summed E-state index contributed by atoms with van der Waals surface area (Å²) in [7, 11) is 0. The molecule has 5 nitrogen and oxygen atoms in total. The van der Waals surface area contributed by atoms with E-state index in [9.17, 15) is 9.59 Å². The average molecular weight is 431 g/mol. The highest BCUT2D eigenvalue weighted by Crippen LogP contribution is 2.47. The van der Waals surface area contributed by atoms with Gasteiger partial charge in [-0.2, -0.15) is 0 Å². The molecule has 0 spiro atoms. The van der Waals surface area contributed by atoms with E-state index in [0.29, 0.717) is 18.1 Å². The number of hydrogen-bond donors (Lipinski definition) is 1. The van der Waals surface area contributed by atoms with Gasteiger partial charge in [0.15, 0.2) is 0 Å². The molecule has 1 N–H and O–H groups in total. The number of esters is 1. The summed E-state index contributed by atoms with van der Waals surface area (Å²) in [6.07, 6.45) is 7.86. The second kappa shape index (κ2) is 8.62. The Bertz CT molecular complexity index is 936. The van der Waals surface area contributed by atoms with Gasteiger partial charge in [0.25, 0.3) is 0 Å². The maximum Gasteiger partial charge on any atom is 0.314 e. The lowest BCUT2D eigenvalue weighted by molar-refractivity contribution is -0.170. The number of likely N-dealkylation sites (tertiary alicyclic amines) is 1. The molecule has 1 saturated heterocycles. The zero-order chi connectivity index (χ0) is 21.3. The van der Waals surface area contributed by atoms with Gasteiger partial charge >= 0.3 is 5.97 Å². The van der Waals surface area contributed by atoms with Gasteiger partial charge in [-0.15, -0.1) is 0 Å². The lowest BCUT2D eigenvalue weighted by Crippen LogP contribution is -2.59. The molecule has 2 heterocycles. The SMILES string of the molecule is CCOC(=O)C12CCCCC1N(C(=O)CC(C)c1c[nH]c3cccc(Cl)c13)CCC2. The Morgan fingerprint density at radius 1 is 1.30 bits per heavy atom. The smallest absolute Gasteiger partial charge is 0.314 e. The van der Waals surface area contributed by atoms with Crippen LogP contribution in [0.2, 0.25) is 5.02 Å². The van der Waals surface area contributed by atoms with E-state index in [-0.39, 0.29) is 23.8 Å². The summed E-state index contributed by atoms with van der Waals surface area (Å²) in [4.78, 5) is 31.6. The molecule has 1 saturated carbocycles. The molecular weight excluding hydrogens is 400 g/mol. The number of nitrogens with one attached hydrogen (secondary N) is 1. The molecule has 30 heavy (non-hydrogen) atoms. The van der Waals surface area contributed by atoms with Crippen molar-refractivity contribution in [3.05, 3.63) is 35.0 Å². The first kappa shape index (κ1) is 21.2. The van der Waals surface area contributed by atoms with Crippen molar-refractivity contribution in [1.82, 2.24) is 9.88 Å². The lowest BCUT2D eigenvalue weighted by atomic mass is 9.65. The quantitative estimate of drug-likeness (QED) is 0.643. The summed E-state index contributed by atoms with van der Waals surface area (Å²) < 4.78 is 5.48. The number of nitrogens with zero attached hydrogens (tertiary/aromatic N) is 1. The minimum absolute atomic E-state index is 0.0358. The van der Waals surface area contributed by atoms with E-state index in [1.165, 1.54) is 0 Å². The minimum Gasteiger partial charge on any atom is -0.466 e. The maximum absolute atomic E-state index is 13.4. The highest BCUT2D eigenvalue weighted by Gasteiger charge is 2.53. The van der Waals surface area contributed by atoms with E-state index in [0.717, 1.165) is 61.5 Å². The number of rotatable bonds is 5. The number of carbonyl (C=O) groups excluding carboxylic acids is 2. The number of amides is 1. The fourth-order valence-electron chi connectivity index (χ4n) is 5.64. The molecule has 4 rings (SSSR count). The topological polar surface area (TPSA) is 62.4 Å². The maximum atomic E-state index is 13.4. The van der Waals surface area contributed by atoms with Crippen LogP contribution in [0.4, 0.5) is 0 Å². The normalized spacial score (nSPS) is 25.0. The van der Waals surface area contributed by atoms with Crippen molar-refractivity contribution in [2.45, 2.75) is 70.8 Å². The molecule has 1 aliphatic carbocycles. The number of benzene rings is 1. The molecule has 3 atom stereocenters. The third-order valence-corrected chi connectivity index (χ3v) is 7.40. The molecule has 1 aromatic heterocycles. The van der Waals surface area contributed by atoms with Crippen molar-refractivity contribution >= 4 is 34.4 Å². The van der Waals surface area contributed by atoms with Crippen molar-refractivity contribution in [2.75, 3.05) is 13.2 Å². The first-order valence-electron chi connectivity index (χ1n) is 11.2. The van der Waals surface area contributed by atoms with Crippen LogP contribution in [0.15, 0.2) is 24.4 Å². The first-order chi connectivity index (χ1) is 14.5. The second-order valence-electron chi connectivity index (χ2n) is 8.84. The van der Waals surface area contributed by atoms with Gasteiger partial charge in [0.1, 0.15) is 0 Å². The molecule has 3 unspecified atom stereocenters. The molecule has 6 heteroatoms. The molecule has 1 aromatic carbocycles. The summed E-state index contributed by atoms with van der Waals surface area (Å²) >= 11 is 6.44. The lowest BCUT2D eigenvalue weighted by Gasteiger charge is -2.51. The Morgan fingerprint density at radius 2 is 2.10 bits per heavy atom.